The summed E-state index contributed by atoms with van der Waals surface area (Å²) in [4.78, 5) is 26.2. The van der Waals surface area contributed by atoms with Gasteiger partial charge in [-0.2, -0.15) is 0 Å². The van der Waals surface area contributed by atoms with E-state index in [0.717, 1.165) is 11.1 Å². The molecular weight excluding hydrogens is 374 g/mol. The molecule has 29 heavy (non-hydrogen) atoms. The van der Waals surface area contributed by atoms with Crippen molar-refractivity contribution in [3.63, 3.8) is 0 Å². The van der Waals surface area contributed by atoms with Crippen LogP contribution in [0.15, 0.2) is 18.2 Å². The van der Waals surface area contributed by atoms with Gasteiger partial charge in [0.05, 0.1) is 6.42 Å². The first-order valence-corrected chi connectivity index (χ1v) is 9.31. The molecule has 1 amide bonds. The standard InChI is InChI=1S/C21H33N3O4.H2O/c1-14-12-15(8-9-16(14)18(22)23)13-24(19(26)28-21(5,6)7)11-10-17(25)27-20(2,3)4;/h8-9,12H,10-11,13H2,1-7H3,(H3,22,23);1H2. The number of amidine groups is 1. The van der Waals surface area contributed by atoms with Crippen LogP contribution in [0.2, 0.25) is 0 Å². The Labute approximate surface area is 173 Å². The minimum Gasteiger partial charge on any atom is -0.460 e. The van der Waals surface area contributed by atoms with E-state index in [0.29, 0.717) is 5.56 Å². The number of hydrogen-bond donors (Lipinski definition) is 2. The highest BCUT2D eigenvalue weighted by Crippen LogP contribution is 2.17. The van der Waals surface area contributed by atoms with Crippen molar-refractivity contribution in [2.45, 2.75) is 72.6 Å². The molecule has 0 aliphatic carbocycles. The molecule has 0 atom stereocenters. The zero-order valence-corrected chi connectivity index (χ0v) is 18.5. The van der Waals surface area contributed by atoms with Gasteiger partial charge in [0.25, 0.3) is 0 Å². The van der Waals surface area contributed by atoms with Crippen molar-refractivity contribution in [3.8, 4) is 0 Å². The summed E-state index contributed by atoms with van der Waals surface area (Å²) < 4.78 is 10.8. The van der Waals surface area contributed by atoms with Crippen LogP contribution >= 0.6 is 0 Å². The molecule has 0 aliphatic rings. The summed E-state index contributed by atoms with van der Waals surface area (Å²) in [6, 6.07) is 5.45. The van der Waals surface area contributed by atoms with Crippen LogP contribution in [0.5, 0.6) is 0 Å². The molecule has 164 valence electrons. The second kappa shape index (κ2) is 10.2. The van der Waals surface area contributed by atoms with Crippen molar-refractivity contribution in [1.29, 1.82) is 5.41 Å². The van der Waals surface area contributed by atoms with Crippen molar-refractivity contribution >= 4 is 17.9 Å². The number of nitrogens with zero attached hydrogens (tertiary/aromatic N) is 1. The summed E-state index contributed by atoms with van der Waals surface area (Å²) in [5.74, 6) is -0.373. The predicted molar refractivity (Wildman–Crippen MR) is 113 cm³/mol. The van der Waals surface area contributed by atoms with Gasteiger partial charge in [0, 0.05) is 18.7 Å². The minimum absolute atomic E-state index is 0. The summed E-state index contributed by atoms with van der Waals surface area (Å²) in [5.41, 5.74) is 6.70. The lowest BCUT2D eigenvalue weighted by atomic mass is 10.0. The van der Waals surface area contributed by atoms with Gasteiger partial charge in [0.2, 0.25) is 0 Å². The second-order valence-electron chi connectivity index (χ2n) is 8.80. The van der Waals surface area contributed by atoms with Crippen LogP contribution in [-0.2, 0) is 20.8 Å². The molecule has 0 saturated carbocycles. The van der Waals surface area contributed by atoms with E-state index in [1.54, 1.807) is 47.6 Å². The Morgan fingerprint density at radius 1 is 1.07 bits per heavy atom. The van der Waals surface area contributed by atoms with Crippen molar-refractivity contribution in [2.75, 3.05) is 6.54 Å². The lowest BCUT2D eigenvalue weighted by Crippen LogP contribution is -2.38. The maximum atomic E-state index is 12.6. The Kier molecular flexibility index (Phi) is 9.33. The maximum Gasteiger partial charge on any atom is 0.410 e. The molecule has 0 fully saturated rings. The van der Waals surface area contributed by atoms with Gasteiger partial charge in [-0.05, 0) is 59.6 Å². The molecule has 0 aromatic heterocycles. The lowest BCUT2D eigenvalue weighted by Gasteiger charge is -2.28. The molecule has 1 aromatic rings. The molecule has 0 spiro atoms. The van der Waals surface area contributed by atoms with Gasteiger partial charge in [-0.25, -0.2) is 4.79 Å². The second-order valence-corrected chi connectivity index (χ2v) is 8.80. The van der Waals surface area contributed by atoms with Crippen LogP contribution < -0.4 is 5.73 Å². The minimum atomic E-state index is -0.643. The molecule has 8 nitrogen and oxygen atoms in total. The third-order valence-electron chi connectivity index (χ3n) is 3.61. The third kappa shape index (κ3) is 9.94. The number of nitrogen functional groups attached to an aromatic ring is 1. The molecule has 1 aromatic carbocycles. The molecule has 1 rings (SSSR count). The van der Waals surface area contributed by atoms with Crippen molar-refractivity contribution < 1.29 is 24.5 Å². The Morgan fingerprint density at radius 3 is 2.07 bits per heavy atom. The van der Waals surface area contributed by atoms with Crippen LogP contribution in [0.4, 0.5) is 4.79 Å². The molecular formula is C21H35N3O5. The van der Waals surface area contributed by atoms with Gasteiger partial charge in [-0.3, -0.25) is 10.2 Å². The zero-order valence-electron chi connectivity index (χ0n) is 18.5. The fourth-order valence-electron chi connectivity index (χ4n) is 2.53. The van der Waals surface area contributed by atoms with Gasteiger partial charge in [-0.15, -0.1) is 0 Å². The third-order valence-corrected chi connectivity index (χ3v) is 3.61. The Morgan fingerprint density at radius 2 is 1.62 bits per heavy atom. The maximum absolute atomic E-state index is 12.6. The topological polar surface area (TPSA) is 137 Å². The highest BCUT2D eigenvalue weighted by Gasteiger charge is 2.24. The Balaban J connectivity index is 0.00000784. The Hall–Kier alpha value is -2.61. The summed E-state index contributed by atoms with van der Waals surface area (Å²) in [6.07, 6.45) is -0.426. The summed E-state index contributed by atoms with van der Waals surface area (Å²) in [6.45, 7) is 13.1. The highest BCUT2D eigenvalue weighted by atomic mass is 16.6. The number of carbonyl (C=O) groups excluding carboxylic acids is 2. The van der Waals surface area contributed by atoms with Crippen molar-refractivity contribution in [1.82, 2.24) is 4.90 Å². The van der Waals surface area contributed by atoms with E-state index in [1.807, 2.05) is 19.1 Å². The average Bonchev–Trinajstić information content (AvgIpc) is 2.47. The van der Waals surface area contributed by atoms with Crippen LogP contribution in [-0.4, -0.2) is 46.0 Å². The first-order valence-electron chi connectivity index (χ1n) is 9.31. The molecule has 8 heteroatoms. The van der Waals surface area contributed by atoms with E-state index in [9.17, 15) is 9.59 Å². The van der Waals surface area contributed by atoms with Gasteiger partial charge >= 0.3 is 12.1 Å². The fourth-order valence-corrected chi connectivity index (χ4v) is 2.53. The number of rotatable bonds is 6. The van der Waals surface area contributed by atoms with Crippen molar-refractivity contribution in [3.05, 3.63) is 34.9 Å². The van der Waals surface area contributed by atoms with Crippen molar-refractivity contribution in [2.24, 2.45) is 5.73 Å². The number of nitrogens with two attached hydrogens (primary N) is 1. The Bertz CT molecular complexity index is 733. The van der Waals surface area contributed by atoms with E-state index in [4.69, 9.17) is 20.6 Å². The van der Waals surface area contributed by atoms with E-state index in [-0.39, 0.29) is 36.8 Å². The first kappa shape index (κ1) is 26.4. The number of carbonyl (C=O) groups is 2. The van der Waals surface area contributed by atoms with Crippen LogP contribution in [0.3, 0.4) is 0 Å². The molecule has 5 N–H and O–H groups in total. The summed E-state index contributed by atoms with van der Waals surface area (Å²) in [7, 11) is 0. The van der Waals surface area contributed by atoms with Crippen LogP contribution in [0, 0.1) is 12.3 Å². The van der Waals surface area contributed by atoms with E-state index in [1.165, 1.54) is 4.90 Å². The molecule has 0 saturated heterocycles. The molecule has 0 unspecified atom stereocenters. The fraction of sp³-hybridized carbons (Fsp3) is 0.571. The number of benzene rings is 1. The van der Waals surface area contributed by atoms with Crippen LogP contribution in [0.25, 0.3) is 0 Å². The highest BCUT2D eigenvalue weighted by molar-refractivity contribution is 5.96. The summed E-state index contributed by atoms with van der Waals surface area (Å²) in [5, 5.41) is 7.58. The van der Waals surface area contributed by atoms with E-state index in [2.05, 4.69) is 0 Å². The van der Waals surface area contributed by atoms with Crippen LogP contribution in [0.1, 0.15) is 64.7 Å². The average molecular weight is 410 g/mol. The SMILES string of the molecule is Cc1cc(CN(CCC(=O)OC(C)(C)C)C(=O)OC(C)(C)C)ccc1C(=N)N.O. The zero-order chi connectivity index (χ0) is 21.7. The number of nitrogens with one attached hydrogen (secondary N) is 1. The van der Waals surface area contributed by atoms with E-state index >= 15 is 0 Å². The molecule has 0 heterocycles. The number of ether oxygens (including phenoxy) is 2. The van der Waals surface area contributed by atoms with Gasteiger partial charge in [-0.1, -0.05) is 18.2 Å². The largest absolute Gasteiger partial charge is 0.460 e. The first-order chi connectivity index (χ1) is 12.7. The van der Waals surface area contributed by atoms with Gasteiger partial charge < -0.3 is 25.6 Å². The van der Waals surface area contributed by atoms with Gasteiger partial charge in [0.15, 0.2) is 0 Å². The quantitative estimate of drug-likeness (QED) is 0.423. The normalized spacial score (nSPS) is 11.3. The molecule has 0 bridgehead atoms. The molecule has 0 radical (unpaired) electrons. The number of hydrogen-bond acceptors (Lipinski definition) is 5. The lowest BCUT2D eigenvalue weighted by molar-refractivity contribution is -0.155. The van der Waals surface area contributed by atoms with E-state index < -0.39 is 17.3 Å². The monoisotopic (exact) mass is 409 g/mol. The predicted octanol–water partition coefficient (Wildman–Crippen LogP) is 2.92. The summed E-state index contributed by atoms with van der Waals surface area (Å²) >= 11 is 0. The smallest absolute Gasteiger partial charge is 0.410 e. The number of esters is 1. The number of amides is 1. The van der Waals surface area contributed by atoms with Gasteiger partial charge in [0.1, 0.15) is 17.0 Å². The number of aryl methyl sites for hydroxylation is 1. The molecule has 0 aliphatic heterocycles.